The van der Waals surface area contributed by atoms with Gasteiger partial charge in [0.2, 0.25) is 5.91 Å². The predicted octanol–water partition coefficient (Wildman–Crippen LogP) is 1.78. The van der Waals surface area contributed by atoms with Gasteiger partial charge in [-0.05, 0) is 13.8 Å². The Morgan fingerprint density at radius 1 is 1.31 bits per heavy atom. The van der Waals surface area contributed by atoms with E-state index in [4.69, 9.17) is 0 Å². The van der Waals surface area contributed by atoms with Crippen molar-refractivity contribution in [1.82, 2.24) is 4.90 Å². The zero-order chi connectivity index (χ0) is 10.5. The van der Waals surface area contributed by atoms with Crippen LogP contribution in [0.3, 0.4) is 0 Å². The van der Waals surface area contributed by atoms with E-state index >= 15 is 0 Å². The highest BCUT2D eigenvalue weighted by Gasteiger charge is 2.29. The second-order valence-electron chi connectivity index (χ2n) is 4.11. The summed E-state index contributed by atoms with van der Waals surface area (Å²) in [6.07, 6.45) is 0.975. The highest BCUT2D eigenvalue weighted by atomic mass is 16.2. The molecule has 0 fully saturated rings. The minimum atomic E-state index is -0.180. The van der Waals surface area contributed by atoms with Crippen molar-refractivity contribution in [1.29, 1.82) is 0 Å². The predicted molar refractivity (Wildman–Crippen MR) is 59.5 cm³/mol. The lowest BCUT2D eigenvalue weighted by molar-refractivity contribution is -0.138. The summed E-state index contributed by atoms with van der Waals surface area (Å²) < 4.78 is 0. The van der Waals surface area contributed by atoms with Gasteiger partial charge in [-0.3, -0.25) is 4.79 Å². The molecular formula is C10H22BNO. The molecule has 0 aliphatic heterocycles. The van der Waals surface area contributed by atoms with E-state index in [0.29, 0.717) is 5.91 Å². The molecule has 0 spiro atoms. The van der Waals surface area contributed by atoms with E-state index in [1.807, 2.05) is 32.6 Å². The zero-order valence-corrected chi connectivity index (χ0v) is 9.68. The lowest BCUT2D eigenvalue weighted by Gasteiger charge is -2.30. The average Bonchev–Trinajstić information content (AvgIpc) is 2.06. The normalized spacial score (nSPS) is 11.2. The van der Waals surface area contributed by atoms with E-state index in [2.05, 4.69) is 6.82 Å². The van der Waals surface area contributed by atoms with Crippen molar-refractivity contribution in [3.05, 3.63) is 0 Å². The van der Waals surface area contributed by atoms with Crippen LogP contribution in [0.15, 0.2) is 0 Å². The molecule has 76 valence electrons. The summed E-state index contributed by atoms with van der Waals surface area (Å²) in [6.45, 7) is 11.9. The molecule has 0 saturated heterocycles. The molecule has 0 radical (unpaired) electrons. The molecule has 0 bridgehead atoms. The first-order valence-corrected chi connectivity index (χ1v) is 5.29. The van der Waals surface area contributed by atoms with E-state index in [0.717, 1.165) is 26.7 Å². The lowest BCUT2D eigenvalue weighted by atomic mass is 9.65. The molecule has 13 heavy (non-hydrogen) atoms. The molecule has 0 unspecified atom stereocenters. The van der Waals surface area contributed by atoms with Crippen molar-refractivity contribution in [2.75, 3.05) is 13.1 Å². The van der Waals surface area contributed by atoms with Gasteiger partial charge in [0.25, 0.3) is 0 Å². The van der Waals surface area contributed by atoms with Crippen LogP contribution in [0.4, 0.5) is 0 Å². The van der Waals surface area contributed by atoms with Gasteiger partial charge in [-0.2, -0.15) is 0 Å². The van der Waals surface area contributed by atoms with Crippen molar-refractivity contribution in [3.63, 3.8) is 0 Å². The molecule has 0 heterocycles. The van der Waals surface area contributed by atoms with Gasteiger partial charge < -0.3 is 4.90 Å². The molecular weight excluding hydrogens is 161 g/mol. The van der Waals surface area contributed by atoms with Crippen molar-refractivity contribution in [2.24, 2.45) is 5.41 Å². The Kier molecular flexibility index (Phi) is 5.11. The maximum Gasteiger partial charge on any atom is 0.227 e. The van der Waals surface area contributed by atoms with Gasteiger partial charge >= 0.3 is 0 Å². The van der Waals surface area contributed by atoms with E-state index in [9.17, 15) is 4.79 Å². The first-order chi connectivity index (χ1) is 5.99. The Bertz CT molecular complexity index is 164. The van der Waals surface area contributed by atoms with Crippen LogP contribution in [0.25, 0.3) is 0 Å². The summed E-state index contributed by atoms with van der Waals surface area (Å²) in [5, 5.41) is 0. The minimum Gasteiger partial charge on any atom is -0.343 e. The molecule has 0 N–H and O–H groups in total. The smallest absolute Gasteiger partial charge is 0.227 e. The summed E-state index contributed by atoms with van der Waals surface area (Å²) in [5.41, 5.74) is -0.180. The third-order valence-electron chi connectivity index (χ3n) is 2.50. The second kappa shape index (κ2) is 5.30. The number of hydrogen-bond acceptors (Lipinski definition) is 1. The van der Waals surface area contributed by atoms with Crippen LogP contribution in [0.1, 0.15) is 27.7 Å². The summed E-state index contributed by atoms with van der Waals surface area (Å²) in [5.74, 6) is 0.291. The van der Waals surface area contributed by atoms with Crippen LogP contribution in [0, 0.1) is 5.41 Å². The van der Waals surface area contributed by atoms with Crippen LogP contribution in [-0.2, 0) is 4.79 Å². The zero-order valence-electron chi connectivity index (χ0n) is 9.68. The number of nitrogens with zero attached hydrogens (tertiary/aromatic N) is 1. The fourth-order valence-corrected chi connectivity index (χ4v) is 1.67. The van der Waals surface area contributed by atoms with Crippen molar-refractivity contribution in [2.45, 2.75) is 40.8 Å². The molecule has 0 aromatic heterocycles. The highest BCUT2D eigenvalue weighted by molar-refractivity contribution is 6.34. The van der Waals surface area contributed by atoms with Crippen molar-refractivity contribution < 1.29 is 4.79 Å². The Balaban J connectivity index is 4.36. The van der Waals surface area contributed by atoms with Gasteiger partial charge in [0.05, 0.1) is 0 Å². The molecule has 0 aromatic carbocycles. The molecule has 0 saturated carbocycles. The summed E-state index contributed by atoms with van der Waals surface area (Å²) >= 11 is 0. The third-order valence-corrected chi connectivity index (χ3v) is 2.50. The first kappa shape index (κ1) is 12.5. The molecule has 0 aromatic rings. The minimum absolute atomic E-state index is 0.180. The van der Waals surface area contributed by atoms with Crippen LogP contribution in [-0.4, -0.2) is 31.2 Å². The summed E-state index contributed by atoms with van der Waals surface area (Å²) in [6, 6.07) is 0. The van der Waals surface area contributed by atoms with E-state index in [-0.39, 0.29) is 5.41 Å². The molecule has 3 heteroatoms. The number of rotatable bonds is 5. The van der Waals surface area contributed by atoms with Gasteiger partial charge in [0.15, 0.2) is 0 Å². The molecule has 2 nitrogen and oxygen atoms in total. The van der Waals surface area contributed by atoms with Gasteiger partial charge in [-0.15, -0.1) is 0 Å². The van der Waals surface area contributed by atoms with Gasteiger partial charge in [0.1, 0.15) is 7.28 Å². The Morgan fingerprint density at radius 2 is 1.77 bits per heavy atom. The SMILES string of the molecule is CBCC(C)(C)C(=O)N(CC)CC. The molecule has 0 aliphatic carbocycles. The van der Waals surface area contributed by atoms with Crippen molar-refractivity contribution in [3.8, 4) is 0 Å². The summed E-state index contributed by atoms with van der Waals surface area (Å²) in [7, 11) is 1.07. The topological polar surface area (TPSA) is 20.3 Å². The standard InChI is InChI=1S/C10H22BNO/c1-6-12(7-2)9(13)10(3,4)8-11-5/h11H,6-8H2,1-5H3. The largest absolute Gasteiger partial charge is 0.343 e. The fraction of sp³-hybridized carbons (Fsp3) is 0.900. The molecule has 0 atom stereocenters. The highest BCUT2D eigenvalue weighted by Crippen LogP contribution is 2.23. The van der Waals surface area contributed by atoms with E-state index in [1.54, 1.807) is 0 Å². The Morgan fingerprint density at radius 3 is 2.08 bits per heavy atom. The number of hydrogen-bond donors (Lipinski definition) is 0. The van der Waals surface area contributed by atoms with Crippen LogP contribution >= 0.6 is 0 Å². The van der Waals surface area contributed by atoms with Crippen LogP contribution < -0.4 is 0 Å². The third kappa shape index (κ3) is 3.41. The maximum atomic E-state index is 11.9. The average molecular weight is 183 g/mol. The number of carbonyl (C=O) groups is 1. The molecule has 1 amide bonds. The lowest BCUT2D eigenvalue weighted by Crippen LogP contribution is -2.40. The monoisotopic (exact) mass is 183 g/mol. The fourth-order valence-electron chi connectivity index (χ4n) is 1.67. The summed E-state index contributed by atoms with van der Waals surface area (Å²) in [4.78, 5) is 13.9. The van der Waals surface area contributed by atoms with Gasteiger partial charge in [-0.1, -0.05) is 27.0 Å². The Labute approximate surface area is 82.9 Å². The van der Waals surface area contributed by atoms with Crippen molar-refractivity contribution >= 4 is 13.2 Å². The van der Waals surface area contributed by atoms with E-state index in [1.165, 1.54) is 0 Å². The number of amides is 1. The van der Waals surface area contributed by atoms with Gasteiger partial charge in [-0.25, -0.2) is 0 Å². The van der Waals surface area contributed by atoms with Gasteiger partial charge in [0, 0.05) is 18.5 Å². The molecule has 0 rings (SSSR count). The van der Waals surface area contributed by atoms with E-state index < -0.39 is 0 Å². The van der Waals surface area contributed by atoms with Crippen LogP contribution in [0.5, 0.6) is 0 Å². The second-order valence-corrected chi connectivity index (χ2v) is 4.11. The number of carbonyl (C=O) groups excluding carboxylic acids is 1. The molecule has 0 aliphatic rings. The van der Waals surface area contributed by atoms with Crippen LogP contribution in [0.2, 0.25) is 13.1 Å². The Hall–Kier alpha value is -0.465. The maximum absolute atomic E-state index is 11.9. The first-order valence-electron chi connectivity index (χ1n) is 5.29. The quantitative estimate of drug-likeness (QED) is 0.595.